The summed E-state index contributed by atoms with van der Waals surface area (Å²) in [6.07, 6.45) is 12.6. The summed E-state index contributed by atoms with van der Waals surface area (Å²) in [5.74, 6) is -0.320. The van der Waals surface area contributed by atoms with Crippen molar-refractivity contribution in [2.45, 2.75) is 84.2 Å². The first-order valence-corrected chi connectivity index (χ1v) is 9.48. The van der Waals surface area contributed by atoms with E-state index >= 15 is 0 Å². The maximum Gasteiger partial charge on any atom is 0.339 e. The van der Waals surface area contributed by atoms with Crippen LogP contribution < -0.4 is 0 Å². The smallest absolute Gasteiger partial charge is 0.339 e. The van der Waals surface area contributed by atoms with Gasteiger partial charge >= 0.3 is 5.97 Å². The second-order valence-electron chi connectivity index (χ2n) is 6.31. The number of esters is 1. The molecule has 0 spiro atoms. The number of rotatable bonds is 12. The molecule has 0 aliphatic rings. The second kappa shape index (κ2) is 12.4. The van der Waals surface area contributed by atoms with Crippen molar-refractivity contribution in [3.63, 3.8) is 0 Å². The van der Waals surface area contributed by atoms with Crippen molar-refractivity contribution in [2.24, 2.45) is 0 Å². The molecule has 0 heterocycles. The summed E-state index contributed by atoms with van der Waals surface area (Å²) in [6, 6.07) is 7.03. The average molecular weight is 339 g/mol. The lowest BCUT2D eigenvalue weighted by Gasteiger charge is -2.13. The highest BCUT2D eigenvalue weighted by Crippen LogP contribution is 2.18. The zero-order valence-corrected chi connectivity index (χ0v) is 15.4. The molecule has 0 aliphatic heterocycles. The Labute approximate surface area is 146 Å². The number of unbranched alkanes of at least 4 members (excludes halogenated alkanes) is 8. The largest absolute Gasteiger partial charge is 0.459 e. The van der Waals surface area contributed by atoms with Crippen molar-refractivity contribution in [3.05, 3.63) is 34.9 Å². The Kier molecular flexibility index (Phi) is 10.8. The maximum absolute atomic E-state index is 12.0. The molecule has 0 bridgehead atoms. The van der Waals surface area contributed by atoms with E-state index in [1.54, 1.807) is 18.2 Å². The summed E-state index contributed by atoms with van der Waals surface area (Å²) < 4.78 is 5.47. The summed E-state index contributed by atoms with van der Waals surface area (Å²) in [4.78, 5) is 12.0. The Morgan fingerprint density at radius 3 is 2.17 bits per heavy atom. The molecule has 1 aromatic carbocycles. The highest BCUT2D eigenvalue weighted by atomic mass is 35.5. The van der Waals surface area contributed by atoms with Gasteiger partial charge in [0, 0.05) is 0 Å². The van der Waals surface area contributed by atoms with Crippen LogP contribution in [0.25, 0.3) is 0 Å². The number of hydrogen-bond donors (Lipinski definition) is 0. The van der Waals surface area contributed by atoms with Crippen molar-refractivity contribution >= 4 is 17.6 Å². The molecule has 0 aromatic heterocycles. The fourth-order valence-corrected chi connectivity index (χ4v) is 2.89. The van der Waals surface area contributed by atoms with Crippen LogP contribution in [-0.4, -0.2) is 12.1 Å². The molecular formula is C20H31ClO2. The third-order valence-electron chi connectivity index (χ3n) is 4.12. The number of ether oxygens (including phenoxy) is 1. The number of benzene rings is 1. The predicted molar refractivity (Wildman–Crippen MR) is 98.2 cm³/mol. The van der Waals surface area contributed by atoms with E-state index < -0.39 is 0 Å². The number of carbonyl (C=O) groups excluding carboxylic acids is 1. The molecule has 1 aromatic rings. The monoisotopic (exact) mass is 338 g/mol. The topological polar surface area (TPSA) is 26.3 Å². The molecule has 1 rings (SSSR count). The van der Waals surface area contributed by atoms with Gasteiger partial charge in [-0.2, -0.15) is 0 Å². The molecule has 0 N–H and O–H groups in total. The number of halogens is 1. The third kappa shape index (κ3) is 9.00. The van der Waals surface area contributed by atoms with Crippen LogP contribution in [0.2, 0.25) is 5.02 Å². The lowest BCUT2D eigenvalue weighted by Crippen LogP contribution is -2.15. The Bertz CT molecular complexity index is 445. The maximum atomic E-state index is 12.0. The zero-order valence-electron chi connectivity index (χ0n) is 14.7. The van der Waals surface area contributed by atoms with Crippen molar-refractivity contribution in [3.8, 4) is 0 Å². The quantitative estimate of drug-likeness (QED) is 0.309. The van der Waals surface area contributed by atoms with Crippen LogP contribution in [0.3, 0.4) is 0 Å². The van der Waals surface area contributed by atoms with E-state index in [-0.39, 0.29) is 12.1 Å². The van der Waals surface area contributed by atoms with E-state index in [2.05, 4.69) is 6.92 Å². The van der Waals surface area contributed by atoms with Crippen LogP contribution in [0, 0.1) is 0 Å². The summed E-state index contributed by atoms with van der Waals surface area (Å²) in [5, 5.41) is 0.452. The summed E-state index contributed by atoms with van der Waals surface area (Å²) >= 11 is 6.01. The molecule has 1 unspecified atom stereocenters. The SMILES string of the molecule is CCCCCCCCCCCC(C)OC(=O)c1ccccc1Cl. The minimum atomic E-state index is -0.320. The number of hydrogen-bond acceptors (Lipinski definition) is 2. The Hall–Kier alpha value is -1.02. The van der Waals surface area contributed by atoms with E-state index in [1.165, 1.54) is 51.4 Å². The van der Waals surface area contributed by atoms with Crippen LogP contribution in [-0.2, 0) is 4.74 Å². The van der Waals surface area contributed by atoms with Gasteiger partial charge in [-0.3, -0.25) is 0 Å². The summed E-state index contributed by atoms with van der Waals surface area (Å²) in [7, 11) is 0. The first-order chi connectivity index (χ1) is 11.1. The van der Waals surface area contributed by atoms with Gasteiger partial charge < -0.3 is 4.74 Å². The van der Waals surface area contributed by atoms with E-state index in [4.69, 9.17) is 16.3 Å². The van der Waals surface area contributed by atoms with Gasteiger partial charge in [0.15, 0.2) is 0 Å². The van der Waals surface area contributed by atoms with Crippen molar-refractivity contribution in [1.82, 2.24) is 0 Å². The Morgan fingerprint density at radius 1 is 1.00 bits per heavy atom. The van der Waals surface area contributed by atoms with Crippen molar-refractivity contribution in [1.29, 1.82) is 0 Å². The lowest BCUT2D eigenvalue weighted by molar-refractivity contribution is 0.0319. The second-order valence-corrected chi connectivity index (χ2v) is 6.72. The molecule has 0 fully saturated rings. The number of carbonyl (C=O) groups is 1. The molecule has 0 radical (unpaired) electrons. The van der Waals surface area contributed by atoms with Gasteiger partial charge in [-0.25, -0.2) is 4.79 Å². The molecule has 130 valence electrons. The standard InChI is InChI=1S/C20H31ClO2/c1-3-4-5-6-7-8-9-10-11-14-17(2)23-20(22)18-15-12-13-16-19(18)21/h12-13,15-17H,3-11,14H2,1-2H3. The van der Waals surface area contributed by atoms with Gasteiger partial charge in [0.25, 0.3) is 0 Å². The zero-order chi connectivity index (χ0) is 16.9. The highest BCUT2D eigenvalue weighted by Gasteiger charge is 2.14. The van der Waals surface area contributed by atoms with E-state index in [9.17, 15) is 4.79 Å². The van der Waals surface area contributed by atoms with Gasteiger partial charge in [0.2, 0.25) is 0 Å². The molecule has 2 nitrogen and oxygen atoms in total. The first kappa shape index (κ1) is 20.0. The predicted octanol–water partition coefficient (Wildman–Crippen LogP) is 6.81. The fraction of sp³-hybridized carbons (Fsp3) is 0.650. The van der Waals surface area contributed by atoms with E-state index in [1.807, 2.05) is 13.0 Å². The molecule has 0 amide bonds. The van der Waals surface area contributed by atoms with E-state index in [0.29, 0.717) is 10.6 Å². The summed E-state index contributed by atoms with van der Waals surface area (Å²) in [5.41, 5.74) is 0.452. The first-order valence-electron chi connectivity index (χ1n) is 9.10. The molecule has 0 saturated heterocycles. The molecule has 0 aliphatic carbocycles. The van der Waals surface area contributed by atoms with Gasteiger partial charge in [-0.1, -0.05) is 82.0 Å². The average Bonchev–Trinajstić information content (AvgIpc) is 2.53. The molecule has 23 heavy (non-hydrogen) atoms. The van der Waals surface area contributed by atoms with Crippen LogP contribution >= 0.6 is 11.6 Å². The highest BCUT2D eigenvalue weighted by molar-refractivity contribution is 6.33. The van der Waals surface area contributed by atoms with Crippen LogP contribution in [0.1, 0.15) is 88.4 Å². The Balaban J connectivity index is 2.07. The van der Waals surface area contributed by atoms with Gasteiger partial charge in [0.1, 0.15) is 0 Å². The van der Waals surface area contributed by atoms with E-state index in [0.717, 1.165) is 12.8 Å². The van der Waals surface area contributed by atoms with Crippen molar-refractivity contribution < 1.29 is 9.53 Å². The van der Waals surface area contributed by atoms with Crippen LogP contribution in [0.4, 0.5) is 0 Å². The van der Waals surface area contributed by atoms with Crippen LogP contribution in [0.5, 0.6) is 0 Å². The Morgan fingerprint density at radius 2 is 1.57 bits per heavy atom. The molecule has 3 heteroatoms. The van der Waals surface area contributed by atoms with Gasteiger partial charge in [-0.15, -0.1) is 0 Å². The fourth-order valence-electron chi connectivity index (χ4n) is 2.67. The van der Waals surface area contributed by atoms with Gasteiger partial charge in [0.05, 0.1) is 16.7 Å². The normalized spacial score (nSPS) is 12.1. The molecule has 1 atom stereocenters. The van der Waals surface area contributed by atoms with Gasteiger partial charge in [-0.05, 0) is 31.9 Å². The summed E-state index contributed by atoms with van der Waals surface area (Å²) in [6.45, 7) is 4.21. The molecule has 0 saturated carbocycles. The minimum Gasteiger partial charge on any atom is -0.459 e. The van der Waals surface area contributed by atoms with Crippen LogP contribution in [0.15, 0.2) is 24.3 Å². The molecular weight excluding hydrogens is 308 g/mol. The lowest BCUT2D eigenvalue weighted by atomic mass is 10.1. The van der Waals surface area contributed by atoms with Crippen molar-refractivity contribution in [2.75, 3.05) is 0 Å². The minimum absolute atomic E-state index is 0.0525. The third-order valence-corrected chi connectivity index (χ3v) is 4.45.